The monoisotopic (exact) mass is 252 g/mol. The summed E-state index contributed by atoms with van der Waals surface area (Å²) in [5, 5.41) is 0. The molecule has 0 spiro atoms. The molecule has 5 heteroatoms. The number of carbonyl (C=O) groups is 1. The molecule has 1 amide bonds. The normalized spacial score (nSPS) is 9.94. The van der Waals surface area contributed by atoms with E-state index in [9.17, 15) is 4.79 Å². The number of aryl methyl sites for hydroxylation is 1. The molecule has 0 saturated carbocycles. The number of nitrogens with one attached hydrogen (secondary N) is 1. The number of ether oxygens (including phenoxy) is 2. The van der Waals surface area contributed by atoms with Crippen molar-refractivity contribution in [1.82, 2.24) is 5.43 Å². The van der Waals surface area contributed by atoms with Crippen LogP contribution in [0.15, 0.2) is 18.2 Å². The van der Waals surface area contributed by atoms with Crippen LogP contribution < -0.4 is 20.7 Å². The Hall–Kier alpha value is -1.75. The highest BCUT2D eigenvalue weighted by Crippen LogP contribution is 2.28. The molecule has 0 fully saturated rings. The maximum absolute atomic E-state index is 10.9. The number of unbranched alkanes of at least 4 members (excludes halogenated alkanes) is 1. The Labute approximate surface area is 107 Å². The average Bonchev–Trinajstić information content (AvgIpc) is 2.42. The SMILES string of the molecule is COc1ccc(CCCCC(=O)NN)cc1OC. The zero-order valence-corrected chi connectivity index (χ0v) is 10.9. The highest BCUT2D eigenvalue weighted by molar-refractivity contribution is 5.75. The van der Waals surface area contributed by atoms with Crippen LogP contribution in [0.4, 0.5) is 0 Å². The Kier molecular flexibility index (Phi) is 6.00. The van der Waals surface area contributed by atoms with Gasteiger partial charge in [0.05, 0.1) is 14.2 Å². The highest BCUT2D eigenvalue weighted by Gasteiger charge is 2.04. The second-order valence-corrected chi connectivity index (χ2v) is 3.96. The van der Waals surface area contributed by atoms with Gasteiger partial charge in [-0.3, -0.25) is 10.2 Å². The number of benzene rings is 1. The molecule has 0 bridgehead atoms. The van der Waals surface area contributed by atoms with Gasteiger partial charge in [0.15, 0.2) is 11.5 Å². The largest absolute Gasteiger partial charge is 0.493 e. The van der Waals surface area contributed by atoms with Gasteiger partial charge in [0.1, 0.15) is 0 Å². The number of methoxy groups -OCH3 is 2. The smallest absolute Gasteiger partial charge is 0.233 e. The molecule has 0 unspecified atom stereocenters. The number of hydrogen-bond donors (Lipinski definition) is 2. The van der Waals surface area contributed by atoms with Crippen molar-refractivity contribution < 1.29 is 14.3 Å². The van der Waals surface area contributed by atoms with Crippen LogP contribution in [-0.2, 0) is 11.2 Å². The minimum absolute atomic E-state index is 0.123. The first-order valence-electron chi connectivity index (χ1n) is 5.91. The van der Waals surface area contributed by atoms with Crippen LogP contribution in [0.5, 0.6) is 11.5 Å². The standard InChI is InChI=1S/C13H20N2O3/c1-17-11-8-7-10(9-12(11)18-2)5-3-4-6-13(16)15-14/h7-9H,3-6,14H2,1-2H3,(H,15,16). The molecule has 1 aromatic rings. The predicted octanol–water partition coefficient (Wildman–Crippen LogP) is 1.41. The fourth-order valence-electron chi connectivity index (χ4n) is 1.72. The predicted molar refractivity (Wildman–Crippen MR) is 69.4 cm³/mol. The van der Waals surface area contributed by atoms with E-state index in [1.165, 1.54) is 5.56 Å². The van der Waals surface area contributed by atoms with Crippen molar-refractivity contribution in [2.75, 3.05) is 14.2 Å². The maximum atomic E-state index is 10.9. The molecule has 0 atom stereocenters. The molecule has 0 aliphatic rings. The van der Waals surface area contributed by atoms with Gasteiger partial charge in [-0.05, 0) is 37.0 Å². The molecule has 0 radical (unpaired) electrons. The van der Waals surface area contributed by atoms with E-state index >= 15 is 0 Å². The first-order valence-corrected chi connectivity index (χ1v) is 5.91. The molecule has 3 N–H and O–H groups in total. The Morgan fingerprint density at radius 2 is 1.94 bits per heavy atom. The van der Waals surface area contributed by atoms with Gasteiger partial charge in [-0.25, -0.2) is 5.84 Å². The molecule has 18 heavy (non-hydrogen) atoms. The minimum Gasteiger partial charge on any atom is -0.493 e. The van der Waals surface area contributed by atoms with Gasteiger partial charge in [0.25, 0.3) is 0 Å². The van der Waals surface area contributed by atoms with Crippen LogP contribution >= 0.6 is 0 Å². The van der Waals surface area contributed by atoms with Crippen LogP contribution in [0.3, 0.4) is 0 Å². The van der Waals surface area contributed by atoms with E-state index in [0.717, 1.165) is 30.8 Å². The van der Waals surface area contributed by atoms with Gasteiger partial charge in [0.2, 0.25) is 5.91 Å². The Bertz CT molecular complexity index is 394. The lowest BCUT2D eigenvalue weighted by molar-refractivity contribution is -0.121. The first kappa shape index (κ1) is 14.3. The van der Waals surface area contributed by atoms with E-state index in [2.05, 4.69) is 5.43 Å². The van der Waals surface area contributed by atoms with E-state index < -0.39 is 0 Å². The summed E-state index contributed by atoms with van der Waals surface area (Å²) in [7, 11) is 3.23. The Balaban J connectivity index is 2.45. The number of amides is 1. The van der Waals surface area contributed by atoms with E-state index in [0.29, 0.717) is 6.42 Å². The molecule has 1 rings (SSSR count). The molecule has 0 aliphatic heterocycles. The lowest BCUT2D eigenvalue weighted by Crippen LogP contribution is -2.29. The van der Waals surface area contributed by atoms with Gasteiger partial charge < -0.3 is 9.47 Å². The maximum Gasteiger partial charge on any atom is 0.233 e. The molecular weight excluding hydrogens is 232 g/mol. The quantitative estimate of drug-likeness (QED) is 0.333. The number of nitrogens with two attached hydrogens (primary N) is 1. The number of hydrogen-bond acceptors (Lipinski definition) is 4. The van der Waals surface area contributed by atoms with Gasteiger partial charge in [0, 0.05) is 6.42 Å². The van der Waals surface area contributed by atoms with Gasteiger partial charge in [-0.2, -0.15) is 0 Å². The zero-order valence-electron chi connectivity index (χ0n) is 10.9. The van der Waals surface area contributed by atoms with Crippen molar-refractivity contribution in [3.8, 4) is 11.5 Å². The van der Waals surface area contributed by atoms with E-state index in [-0.39, 0.29) is 5.91 Å². The lowest BCUT2D eigenvalue weighted by Gasteiger charge is -2.09. The van der Waals surface area contributed by atoms with Crippen molar-refractivity contribution in [1.29, 1.82) is 0 Å². The topological polar surface area (TPSA) is 73.6 Å². The van der Waals surface area contributed by atoms with Crippen LogP contribution in [0.1, 0.15) is 24.8 Å². The van der Waals surface area contributed by atoms with Crippen LogP contribution in [0.2, 0.25) is 0 Å². The fraction of sp³-hybridized carbons (Fsp3) is 0.462. The summed E-state index contributed by atoms with van der Waals surface area (Å²) in [5.41, 5.74) is 3.29. The molecule has 100 valence electrons. The van der Waals surface area contributed by atoms with E-state index in [1.807, 2.05) is 18.2 Å². The first-order chi connectivity index (χ1) is 8.71. The highest BCUT2D eigenvalue weighted by atomic mass is 16.5. The van der Waals surface area contributed by atoms with Crippen LogP contribution in [0.25, 0.3) is 0 Å². The van der Waals surface area contributed by atoms with Crippen molar-refractivity contribution >= 4 is 5.91 Å². The third kappa shape index (κ3) is 4.25. The molecule has 0 aromatic heterocycles. The third-order valence-electron chi connectivity index (χ3n) is 2.73. The molecule has 0 aliphatic carbocycles. The van der Waals surface area contributed by atoms with Gasteiger partial charge >= 0.3 is 0 Å². The minimum atomic E-state index is -0.123. The van der Waals surface area contributed by atoms with Crippen molar-refractivity contribution in [2.45, 2.75) is 25.7 Å². The molecular formula is C13H20N2O3. The third-order valence-corrected chi connectivity index (χ3v) is 2.73. The van der Waals surface area contributed by atoms with Gasteiger partial charge in [-0.1, -0.05) is 6.07 Å². The summed E-state index contributed by atoms with van der Waals surface area (Å²) in [6.07, 6.45) is 3.11. The number of hydrazine groups is 1. The summed E-state index contributed by atoms with van der Waals surface area (Å²) in [5.74, 6) is 6.34. The summed E-state index contributed by atoms with van der Waals surface area (Å²) in [4.78, 5) is 10.9. The fourth-order valence-corrected chi connectivity index (χ4v) is 1.72. The van der Waals surface area contributed by atoms with E-state index in [1.54, 1.807) is 14.2 Å². The molecule has 0 heterocycles. The van der Waals surface area contributed by atoms with Crippen molar-refractivity contribution in [2.24, 2.45) is 5.84 Å². The van der Waals surface area contributed by atoms with E-state index in [4.69, 9.17) is 15.3 Å². The van der Waals surface area contributed by atoms with Crippen LogP contribution in [-0.4, -0.2) is 20.1 Å². The average molecular weight is 252 g/mol. The lowest BCUT2D eigenvalue weighted by atomic mass is 10.1. The second kappa shape index (κ2) is 7.55. The Morgan fingerprint density at radius 1 is 1.22 bits per heavy atom. The van der Waals surface area contributed by atoms with Gasteiger partial charge in [-0.15, -0.1) is 0 Å². The summed E-state index contributed by atoms with van der Waals surface area (Å²) in [6.45, 7) is 0. The van der Waals surface area contributed by atoms with Crippen molar-refractivity contribution in [3.05, 3.63) is 23.8 Å². The number of rotatable bonds is 7. The Morgan fingerprint density at radius 3 is 2.56 bits per heavy atom. The van der Waals surface area contributed by atoms with Crippen molar-refractivity contribution in [3.63, 3.8) is 0 Å². The van der Waals surface area contributed by atoms with Crippen LogP contribution in [0, 0.1) is 0 Å². The summed E-state index contributed by atoms with van der Waals surface area (Å²) in [6, 6.07) is 5.85. The molecule has 1 aromatic carbocycles. The second-order valence-electron chi connectivity index (χ2n) is 3.96. The number of carbonyl (C=O) groups excluding carboxylic acids is 1. The molecule has 5 nitrogen and oxygen atoms in total. The zero-order chi connectivity index (χ0) is 13.4. The molecule has 0 saturated heterocycles. The summed E-state index contributed by atoms with van der Waals surface area (Å²) < 4.78 is 10.4. The summed E-state index contributed by atoms with van der Waals surface area (Å²) >= 11 is 0.